The van der Waals surface area contributed by atoms with Crippen LogP contribution in [0.4, 0.5) is 0 Å². The number of guanidine groups is 1. The maximum absolute atomic E-state index is 6.04. The molecule has 0 atom stereocenters. The molecule has 0 amide bonds. The molecule has 1 aromatic heterocycles. The lowest BCUT2D eigenvalue weighted by molar-refractivity contribution is 0.169. The number of hydrogen-bond acceptors (Lipinski definition) is 4. The van der Waals surface area contributed by atoms with E-state index in [1.54, 1.807) is 6.26 Å². The van der Waals surface area contributed by atoms with Crippen LogP contribution in [-0.4, -0.2) is 60.7 Å². The number of aromatic nitrogens is 1. The fourth-order valence-corrected chi connectivity index (χ4v) is 3.89. The highest BCUT2D eigenvalue weighted by Crippen LogP contribution is 2.47. The molecule has 7 heteroatoms. The Labute approximate surface area is 165 Å². The first-order valence-electron chi connectivity index (χ1n) is 9.52. The molecule has 0 unspecified atom stereocenters. The van der Waals surface area contributed by atoms with E-state index in [-0.39, 0.29) is 5.41 Å². The molecule has 0 bridgehead atoms. The van der Waals surface area contributed by atoms with Gasteiger partial charge in [-0.2, -0.15) is 0 Å². The smallest absolute Gasteiger partial charge is 0.193 e. The number of nitrogens with zero attached hydrogens (tertiary/aromatic N) is 4. The lowest BCUT2D eigenvalue weighted by Crippen LogP contribution is -2.53. The Balaban J connectivity index is 1.29. The van der Waals surface area contributed by atoms with E-state index >= 15 is 0 Å². The van der Waals surface area contributed by atoms with Gasteiger partial charge in [-0.3, -0.25) is 9.89 Å². The number of halogens is 1. The first kappa shape index (κ1) is 18.3. The second-order valence-electron chi connectivity index (χ2n) is 7.44. The fraction of sp³-hybridized carbons (Fsp3) is 0.500. The lowest BCUT2D eigenvalue weighted by atomic mass is 9.96. The van der Waals surface area contributed by atoms with Crippen LogP contribution in [0.15, 0.2) is 46.1 Å². The number of piperazine rings is 1. The minimum absolute atomic E-state index is 0.231. The van der Waals surface area contributed by atoms with E-state index in [1.165, 1.54) is 18.4 Å². The molecule has 1 aliphatic heterocycles. The van der Waals surface area contributed by atoms with Crippen molar-refractivity contribution in [1.82, 2.24) is 20.3 Å². The molecule has 27 heavy (non-hydrogen) atoms. The number of rotatable bonds is 5. The summed E-state index contributed by atoms with van der Waals surface area (Å²) in [7, 11) is 1.87. The molecule has 2 aliphatic rings. The molecule has 1 saturated heterocycles. The van der Waals surface area contributed by atoms with Gasteiger partial charge in [0.05, 0.1) is 5.69 Å². The van der Waals surface area contributed by atoms with Crippen LogP contribution in [0.25, 0.3) is 0 Å². The van der Waals surface area contributed by atoms with Crippen molar-refractivity contribution in [3.05, 3.63) is 52.9 Å². The van der Waals surface area contributed by atoms with E-state index in [0.717, 1.165) is 55.9 Å². The van der Waals surface area contributed by atoms with Crippen LogP contribution in [-0.2, 0) is 12.0 Å². The zero-order valence-electron chi connectivity index (χ0n) is 15.7. The van der Waals surface area contributed by atoms with Crippen LogP contribution >= 0.6 is 11.6 Å². The molecule has 0 radical (unpaired) electrons. The van der Waals surface area contributed by atoms with E-state index in [2.05, 4.69) is 37.4 Å². The molecule has 1 N–H and O–H groups in total. The summed E-state index contributed by atoms with van der Waals surface area (Å²) in [6.07, 6.45) is 4.06. The van der Waals surface area contributed by atoms with Gasteiger partial charge in [0.1, 0.15) is 6.26 Å². The average molecular weight is 388 g/mol. The Morgan fingerprint density at radius 1 is 1.19 bits per heavy atom. The standard InChI is InChI=1S/C20H26ClN5O/c1-22-19(23-15-20(7-8-20)16-2-4-17(21)5-3-16)26-11-9-25(10-12-26)14-18-6-13-27-24-18/h2-6,13H,7-12,14-15H2,1H3,(H,22,23). The molecule has 0 spiro atoms. The summed E-state index contributed by atoms with van der Waals surface area (Å²) < 4.78 is 4.92. The fourth-order valence-electron chi connectivity index (χ4n) is 3.77. The summed E-state index contributed by atoms with van der Waals surface area (Å²) in [5, 5.41) is 8.41. The van der Waals surface area contributed by atoms with E-state index < -0.39 is 0 Å². The number of nitrogens with one attached hydrogen (secondary N) is 1. The normalized spacial score (nSPS) is 19.9. The molecule has 2 heterocycles. The van der Waals surface area contributed by atoms with E-state index in [0.29, 0.717) is 0 Å². The van der Waals surface area contributed by atoms with Crippen molar-refractivity contribution in [2.24, 2.45) is 4.99 Å². The van der Waals surface area contributed by atoms with Crippen molar-refractivity contribution in [2.75, 3.05) is 39.8 Å². The molecule has 4 rings (SSSR count). The molecule has 1 aromatic carbocycles. The molecule has 6 nitrogen and oxygen atoms in total. The highest BCUT2D eigenvalue weighted by molar-refractivity contribution is 6.30. The van der Waals surface area contributed by atoms with Crippen LogP contribution < -0.4 is 5.32 Å². The van der Waals surface area contributed by atoms with Crippen molar-refractivity contribution in [2.45, 2.75) is 24.8 Å². The maximum Gasteiger partial charge on any atom is 0.193 e. The summed E-state index contributed by atoms with van der Waals surface area (Å²) in [6.45, 7) is 5.68. The van der Waals surface area contributed by atoms with Crippen LogP contribution in [0.2, 0.25) is 5.02 Å². The van der Waals surface area contributed by atoms with E-state index in [9.17, 15) is 0 Å². The molecule has 2 fully saturated rings. The van der Waals surface area contributed by atoms with Gasteiger partial charge in [-0.05, 0) is 30.5 Å². The second-order valence-corrected chi connectivity index (χ2v) is 7.88. The molecule has 1 saturated carbocycles. The highest BCUT2D eigenvalue weighted by Gasteiger charge is 2.44. The first-order valence-corrected chi connectivity index (χ1v) is 9.90. The Kier molecular flexibility index (Phi) is 5.36. The van der Waals surface area contributed by atoms with Crippen molar-refractivity contribution in [1.29, 1.82) is 0 Å². The second kappa shape index (κ2) is 7.90. The molecular formula is C20H26ClN5O. The third-order valence-corrected chi connectivity index (χ3v) is 5.91. The van der Waals surface area contributed by atoms with Crippen molar-refractivity contribution >= 4 is 17.6 Å². The zero-order chi connectivity index (χ0) is 18.7. The van der Waals surface area contributed by atoms with Crippen LogP contribution in [0.3, 0.4) is 0 Å². The highest BCUT2D eigenvalue weighted by atomic mass is 35.5. The Hall–Kier alpha value is -2.05. The van der Waals surface area contributed by atoms with Crippen molar-refractivity contribution in [3.8, 4) is 0 Å². The summed E-state index contributed by atoms with van der Waals surface area (Å²) in [5.74, 6) is 0.997. The Morgan fingerprint density at radius 3 is 2.52 bits per heavy atom. The lowest BCUT2D eigenvalue weighted by Gasteiger charge is -2.36. The van der Waals surface area contributed by atoms with Crippen molar-refractivity contribution < 1.29 is 4.52 Å². The average Bonchev–Trinajstić information content (AvgIpc) is 3.31. The first-order chi connectivity index (χ1) is 13.2. The SMILES string of the molecule is CN=C(NCC1(c2ccc(Cl)cc2)CC1)N1CCN(Cc2ccon2)CC1. The van der Waals surface area contributed by atoms with Crippen LogP contribution in [0.5, 0.6) is 0 Å². The van der Waals surface area contributed by atoms with Gasteiger partial charge in [-0.25, -0.2) is 0 Å². The summed E-state index contributed by atoms with van der Waals surface area (Å²) in [6, 6.07) is 10.2. The molecular weight excluding hydrogens is 362 g/mol. The monoisotopic (exact) mass is 387 g/mol. The van der Waals surface area contributed by atoms with E-state index in [4.69, 9.17) is 16.1 Å². The van der Waals surface area contributed by atoms with Gasteiger partial charge in [0.25, 0.3) is 0 Å². The third kappa shape index (κ3) is 4.28. The van der Waals surface area contributed by atoms with Gasteiger partial charge in [-0.1, -0.05) is 28.9 Å². The number of aliphatic imine (C=N–C) groups is 1. The van der Waals surface area contributed by atoms with Crippen molar-refractivity contribution in [3.63, 3.8) is 0 Å². The molecule has 1 aliphatic carbocycles. The van der Waals surface area contributed by atoms with Gasteiger partial charge < -0.3 is 14.7 Å². The van der Waals surface area contributed by atoms with Gasteiger partial charge in [-0.15, -0.1) is 0 Å². The Morgan fingerprint density at radius 2 is 1.93 bits per heavy atom. The predicted octanol–water partition coefficient (Wildman–Crippen LogP) is 2.75. The van der Waals surface area contributed by atoms with E-state index in [1.807, 2.05) is 25.2 Å². The topological polar surface area (TPSA) is 56.9 Å². The Bertz CT molecular complexity index is 762. The number of benzene rings is 1. The van der Waals surface area contributed by atoms with Crippen LogP contribution in [0.1, 0.15) is 24.1 Å². The minimum atomic E-state index is 0.231. The molecule has 2 aromatic rings. The van der Waals surface area contributed by atoms with Gasteiger partial charge in [0, 0.05) is 62.8 Å². The van der Waals surface area contributed by atoms with Gasteiger partial charge >= 0.3 is 0 Å². The summed E-state index contributed by atoms with van der Waals surface area (Å²) in [4.78, 5) is 9.26. The minimum Gasteiger partial charge on any atom is -0.364 e. The number of hydrogen-bond donors (Lipinski definition) is 1. The maximum atomic E-state index is 6.04. The van der Waals surface area contributed by atoms with Gasteiger partial charge in [0.15, 0.2) is 5.96 Å². The largest absolute Gasteiger partial charge is 0.364 e. The molecule has 144 valence electrons. The van der Waals surface area contributed by atoms with Crippen LogP contribution in [0, 0.1) is 0 Å². The third-order valence-electron chi connectivity index (χ3n) is 5.66. The quantitative estimate of drug-likeness (QED) is 0.631. The summed E-state index contributed by atoms with van der Waals surface area (Å²) in [5.41, 5.74) is 2.59. The summed E-state index contributed by atoms with van der Waals surface area (Å²) >= 11 is 6.04. The zero-order valence-corrected chi connectivity index (χ0v) is 16.5. The predicted molar refractivity (Wildman–Crippen MR) is 107 cm³/mol. The van der Waals surface area contributed by atoms with Gasteiger partial charge in [0.2, 0.25) is 0 Å².